The normalized spacial score (nSPS) is 12.4. The van der Waals surface area contributed by atoms with E-state index in [1.165, 1.54) is 5.56 Å². The topological polar surface area (TPSA) is 29.5 Å². The summed E-state index contributed by atoms with van der Waals surface area (Å²) < 4.78 is 5.38. The van der Waals surface area contributed by atoms with Crippen LogP contribution in [0, 0.1) is 0 Å². The second-order valence-corrected chi connectivity index (χ2v) is 4.06. The Hall–Kier alpha value is -1.02. The summed E-state index contributed by atoms with van der Waals surface area (Å²) >= 11 is 0. The molecule has 0 radical (unpaired) electrons. The molecule has 16 heavy (non-hydrogen) atoms. The molecule has 0 fully saturated rings. The van der Waals surface area contributed by atoms with Gasteiger partial charge in [-0.05, 0) is 43.9 Å². The molecule has 0 saturated carbocycles. The van der Waals surface area contributed by atoms with E-state index in [1.807, 2.05) is 19.1 Å². The Morgan fingerprint density at radius 1 is 1.12 bits per heavy atom. The Kier molecular flexibility index (Phi) is 5.94. The lowest BCUT2D eigenvalue weighted by Gasteiger charge is -2.09. The minimum absolute atomic E-state index is 0.156. The van der Waals surface area contributed by atoms with Crippen LogP contribution in [0.25, 0.3) is 0 Å². The lowest BCUT2D eigenvalue weighted by molar-refractivity contribution is 0.154. The first-order valence-electron chi connectivity index (χ1n) is 6.16. The number of aliphatic hydroxyl groups excluding tert-OH is 1. The van der Waals surface area contributed by atoms with Crippen LogP contribution in [-0.2, 0) is 6.42 Å². The van der Waals surface area contributed by atoms with Crippen LogP contribution in [0.5, 0.6) is 5.75 Å². The van der Waals surface area contributed by atoms with Gasteiger partial charge in [-0.1, -0.05) is 25.5 Å². The van der Waals surface area contributed by atoms with Crippen molar-refractivity contribution in [2.24, 2.45) is 0 Å². The Morgan fingerprint density at radius 2 is 1.81 bits per heavy atom. The van der Waals surface area contributed by atoms with Gasteiger partial charge in [-0.3, -0.25) is 0 Å². The summed E-state index contributed by atoms with van der Waals surface area (Å²) in [6.07, 6.45) is 3.58. The summed E-state index contributed by atoms with van der Waals surface area (Å²) in [4.78, 5) is 0. The highest BCUT2D eigenvalue weighted by atomic mass is 16.5. The maximum Gasteiger partial charge on any atom is 0.119 e. The zero-order valence-corrected chi connectivity index (χ0v) is 10.3. The van der Waals surface area contributed by atoms with Gasteiger partial charge in [0, 0.05) is 0 Å². The molecule has 2 nitrogen and oxygen atoms in total. The molecular weight excluding hydrogens is 200 g/mol. The van der Waals surface area contributed by atoms with Gasteiger partial charge < -0.3 is 9.84 Å². The fourth-order valence-corrected chi connectivity index (χ4v) is 1.73. The van der Waals surface area contributed by atoms with Gasteiger partial charge in [0.1, 0.15) is 5.75 Å². The molecule has 1 aromatic rings. The summed E-state index contributed by atoms with van der Waals surface area (Å²) in [5.74, 6) is 0.917. The predicted molar refractivity (Wildman–Crippen MR) is 66.8 cm³/mol. The van der Waals surface area contributed by atoms with Crippen molar-refractivity contribution in [2.45, 2.75) is 45.6 Å². The molecule has 0 aromatic heterocycles. The van der Waals surface area contributed by atoms with Crippen molar-refractivity contribution < 1.29 is 9.84 Å². The number of aryl methyl sites for hydroxylation is 1. The first-order chi connectivity index (χ1) is 7.76. The monoisotopic (exact) mass is 222 g/mol. The average molecular weight is 222 g/mol. The van der Waals surface area contributed by atoms with E-state index in [2.05, 4.69) is 19.1 Å². The number of rotatable bonds is 7. The van der Waals surface area contributed by atoms with Crippen molar-refractivity contribution in [2.75, 3.05) is 6.61 Å². The molecule has 1 unspecified atom stereocenters. The molecule has 2 heteroatoms. The summed E-state index contributed by atoms with van der Waals surface area (Å²) in [6, 6.07) is 8.13. The quantitative estimate of drug-likeness (QED) is 0.767. The molecule has 0 aliphatic rings. The van der Waals surface area contributed by atoms with Crippen LogP contribution in [0.4, 0.5) is 0 Å². The molecule has 1 aromatic carbocycles. The number of hydrogen-bond donors (Lipinski definition) is 1. The van der Waals surface area contributed by atoms with Gasteiger partial charge in [0.25, 0.3) is 0 Å². The molecule has 1 N–H and O–H groups in total. The highest BCUT2D eigenvalue weighted by Crippen LogP contribution is 2.14. The number of hydrogen-bond acceptors (Lipinski definition) is 2. The maximum atomic E-state index is 9.62. The third-order valence-electron chi connectivity index (χ3n) is 2.62. The summed E-state index contributed by atoms with van der Waals surface area (Å²) in [5.41, 5.74) is 1.26. The SMILES string of the molecule is CCCC(O)CCc1ccc(OCC)cc1. The van der Waals surface area contributed by atoms with Gasteiger partial charge in [0.15, 0.2) is 0 Å². The molecule has 0 amide bonds. The van der Waals surface area contributed by atoms with E-state index in [4.69, 9.17) is 4.74 Å². The van der Waals surface area contributed by atoms with Gasteiger partial charge in [-0.25, -0.2) is 0 Å². The Bertz CT molecular complexity index is 279. The first-order valence-corrected chi connectivity index (χ1v) is 6.16. The van der Waals surface area contributed by atoms with E-state index in [0.717, 1.165) is 31.4 Å². The van der Waals surface area contributed by atoms with Crippen LogP contribution in [0.1, 0.15) is 38.7 Å². The van der Waals surface area contributed by atoms with E-state index in [9.17, 15) is 5.11 Å². The molecular formula is C14H22O2. The standard InChI is InChI=1S/C14H22O2/c1-3-5-13(15)9-6-12-7-10-14(11-8-12)16-4-2/h7-8,10-11,13,15H,3-6,9H2,1-2H3. The largest absolute Gasteiger partial charge is 0.494 e. The van der Waals surface area contributed by atoms with Crippen LogP contribution in [0.3, 0.4) is 0 Å². The third kappa shape index (κ3) is 4.67. The summed E-state index contributed by atoms with van der Waals surface area (Å²) in [6.45, 7) is 4.78. The highest BCUT2D eigenvalue weighted by Gasteiger charge is 2.03. The number of aliphatic hydroxyl groups is 1. The van der Waals surface area contributed by atoms with Crippen LogP contribution < -0.4 is 4.74 Å². The lowest BCUT2D eigenvalue weighted by Crippen LogP contribution is -2.07. The smallest absolute Gasteiger partial charge is 0.119 e. The molecule has 0 bridgehead atoms. The molecule has 0 heterocycles. The molecule has 0 aliphatic carbocycles. The van der Waals surface area contributed by atoms with Gasteiger partial charge in [-0.2, -0.15) is 0 Å². The molecule has 1 atom stereocenters. The van der Waals surface area contributed by atoms with Crippen molar-refractivity contribution in [3.63, 3.8) is 0 Å². The second kappa shape index (κ2) is 7.29. The van der Waals surface area contributed by atoms with Gasteiger partial charge in [0.05, 0.1) is 12.7 Å². The van der Waals surface area contributed by atoms with Crippen molar-refractivity contribution in [1.82, 2.24) is 0 Å². The molecule has 90 valence electrons. The minimum Gasteiger partial charge on any atom is -0.494 e. The van der Waals surface area contributed by atoms with Gasteiger partial charge in [0.2, 0.25) is 0 Å². The van der Waals surface area contributed by atoms with Gasteiger partial charge >= 0.3 is 0 Å². The molecule has 0 saturated heterocycles. The van der Waals surface area contributed by atoms with Crippen molar-refractivity contribution >= 4 is 0 Å². The second-order valence-electron chi connectivity index (χ2n) is 4.06. The van der Waals surface area contributed by atoms with Crippen LogP contribution in [0.15, 0.2) is 24.3 Å². The van der Waals surface area contributed by atoms with E-state index in [0.29, 0.717) is 6.61 Å². The van der Waals surface area contributed by atoms with E-state index < -0.39 is 0 Å². The Morgan fingerprint density at radius 3 is 2.38 bits per heavy atom. The maximum absolute atomic E-state index is 9.62. The van der Waals surface area contributed by atoms with Crippen LogP contribution in [-0.4, -0.2) is 17.8 Å². The van der Waals surface area contributed by atoms with Crippen molar-refractivity contribution in [3.8, 4) is 5.75 Å². The third-order valence-corrected chi connectivity index (χ3v) is 2.62. The van der Waals surface area contributed by atoms with E-state index in [-0.39, 0.29) is 6.10 Å². The Balaban J connectivity index is 2.37. The Labute approximate surface area is 98.3 Å². The minimum atomic E-state index is -0.156. The zero-order chi connectivity index (χ0) is 11.8. The fourth-order valence-electron chi connectivity index (χ4n) is 1.73. The van der Waals surface area contributed by atoms with Crippen LogP contribution in [0.2, 0.25) is 0 Å². The number of benzene rings is 1. The molecule has 1 rings (SSSR count). The zero-order valence-electron chi connectivity index (χ0n) is 10.3. The predicted octanol–water partition coefficient (Wildman–Crippen LogP) is 3.18. The average Bonchev–Trinajstić information content (AvgIpc) is 2.29. The lowest BCUT2D eigenvalue weighted by atomic mass is 10.0. The van der Waals surface area contributed by atoms with Crippen molar-refractivity contribution in [3.05, 3.63) is 29.8 Å². The molecule has 0 aliphatic heterocycles. The summed E-state index contributed by atoms with van der Waals surface area (Å²) in [5, 5.41) is 9.62. The fraction of sp³-hybridized carbons (Fsp3) is 0.571. The highest BCUT2D eigenvalue weighted by molar-refractivity contribution is 5.27. The molecule has 0 spiro atoms. The van der Waals surface area contributed by atoms with Crippen molar-refractivity contribution in [1.29, 1.82) is 0 Å². The number of ether oxygens (including phenoxy) is 1. The van der Waals surface area contributed by atoms with E-state index >= 15 is 0 Å². The first kappa shape index (κ1) is 13.0. The van der Waals surface area contributed by atoms with E-state index in [1.54, 1.807) is 0 Å². The van der Waals surface area contributed by atoms with Gasteiger partial charge in [-0.15, -0.1) is 0 Å². The van der Waals surface area contributed by atoms with Crippen LogP contribution >= 0.6 is 0 Å². The summed E-state index contributed by atoms with van der Waals surface area (Å²) in [7, 11) is 0.